The highest BCUT2D eigenvalue weighted by atomic mass is 19.1. The van der Waals surface area contributed by atoms with Crippen LogP contribution in [0.25, 0.3) is 16.6 Å². The van der Waals surface area contributed by atoms with Crippen molar-refractivity contribution < 1.29 is 8.78 Å². The van der Waals surface area contributed by atoms with Gasteiger partial charge in [0.1, 0.15) is 29.1 Å². The van der Waals surface area contributed by atoms with Gasteiger partial charge in [-0.25, -0.2) is 8.78 Å². The lowest BCUT2D eigenvalue weighted by molar-refractivity contribution is 0.618. The summed E-state index contributed by atoms with van der Waals surface area (Å²) in [5, 5.41) is 12.5. The van der Waals surface area contributed by atoms with Crippen LogP contribution >= 0.6 is 0 Å². The molecule has 0 fully saturated rings. The van der Waals surface area contributed by atoms with E-state index in [1.165, 1.54) is 28.7 Å². The molecule has 1 aromatic carbocycles. The average molecular weight is 447 g/mol. The highest BCUT2D eigenvalue weighted by molar-refractivity contribution is 5.73. The summed E-state index contributed by atoms with van der Waals surface area (Å²) < 4.78 is 29.3. The molecular formula is C23H19F2N7O. The van der Waals surface area contributed by atoms with Gasteiger partial charge in [-0.15, -0.1) is 0 Å². The number of benzene rings is 1. The van der Waals surface area contributed by atoms with E-state index in [0.717, 1.165) is 6.20 Å². The van der Waals surface area contributed by atoms with Gasteiger partial charge in [0.15, 0.2) is 5.82 Å². The molecule has 3 heterocycles. The number of aromatic nitrogens is 3. The smallest absolute Gasteiger partial charge is 0.263 e. The molecule has 166 valence electrons. The lowest BCUT2D eigenvalue weighted by Gasteiger charge is -2.21. The van der Waals surface area contributed by atoms with Crippen molar-refractivity contribution in [1.29, 1.82) is 5.26 Å². The molecule has 0 saturated carbocycles. The zero-order valence-electron chi connectivity index (χ0n) is 17.7. The van der Waals surface area contributed by atoms with Gasteiger partial charge in [-0.1, -0.05) is 6.07 Å². The largest absolute Gasteiger partial charge is 0.382 e. The zero-order valence-corrected chi connectivity index (χ0v) is 17.7. The van der Waals surface area contributed by atoms with Crippen LogP contribution in [-0.4, -0.2) is 14.4 Å². The van der Waals surface area contributed by atoms with Crippen LogP contribution in [0.4, 0.5) is 26.4 Å². The minimum absolute atomic E-state index is 0.00113. The zero-order chi connectivity index (χ0) is 23.9. The second-order valence-electron chi connectivity index (χ2n) is 7.61. The average Bonchev–Trinajstić information content (AvgIpc) is 2.73. The number of nitrogens with zero attached hydrogens (tertiary/aromatic N) is 4. The third-order valence-corrected chi connectivity index (χ3v) is 5.19. The van der Waals surface area contributed by atoms with Crippen molar-refractivity contribution in [3.63, 3.8) is 0 Å². The molecule has 5 N–H and O–H groups in total. The molecule has 0 bridgehead atoms. The summed E-state index contributed by atoms with van der Waals surface area (Å²) >= 11 is 0. The maximum atomic E-state index is 14.2. The lowest BCUT2D eigenvalue weighted by atomic mass is 9.95. The van der Waals surface area contributed by atoms with Gasteiger partial charge >= 0.3 is 0 Å². The number of anilines is 3. The molecule has 1 unspecified atom stereocenters. The van der Waals surface area contributed by atoms with E-state index >= 15 is 0 Å². The second-order valence-corrected chi connectivity index (χ2v) is 7.61. The van der Waals surface area contributed by atoms with Crippen molar-refractivity contribution in [3.8, 4) is 17.2 Å². The Kier molecular flexibility index (Phi) is 5.39. The molecule has 10 heteroatoms. The highest BCUT2D eigenvalue weighted by Gasteiger charge is 2.21. The van der Waals surface area contributed by atoms with E-state index in [0.29, 0.717) is 22.2 Å². The molecule has 0 spiro atoms. The fourth-order valence-corrected chi connectivity index (χ4v) is 3.76. The van der Waals surface area contributed by atoms with E-state index < -0.39 is 23.2 Å². The summed E-state index contributed by atoms with van der Waals surface area (Å²) in [5.41, 5.74) is 13.0. The number of nitriles is 1. The van der Waals surface area contributed by atoms with Crippen LogP contribution in [0.3, 0.4) is 0 Å². The summed E-state index contributed by atoms with van der Waals surface area (Å²) in [4.78, 5) is 21.3. The van der Waals surface area contributed by atoms with Gasteiger partial charge in [0, 0.05) is 11.7 Å². The number of halogens is 2. The van der Waals surface area contributed by atoms with Gasteiger partial charge < -0.3 is 16.8 Å². The molecule has 0 aliphatic rings. The number of hydrogen-bond acceptors (Lipinski definition) is 7. The molecule has 0 saturated heterocycles. The predicted molar refractivity (Wildman–Crippen MR) is 121 cm³/mol. The van der Waals surface area contributed by atoms with Gasteiger partial charge in [0.05, 0.1) is 11.6 Å². The number of aryl methyl sites for hydroxylation is 1. The first-order valence-corrected chi connectivity index (χ1v) is 9.90. The Labute approximate surface area is 187 Å². The van der Waals surface area contributed by atoms with Crippen molar-refractivity contribution in [3.05, 3.63) is 81.3 Å². The molecule has 3 aromatic heterocycles. The molecule has 4 rings (SSSR count). The number of nitrogen functional groups attached to an aromatic ring is 2. The SMILES string of the molecule is Cc1cc(F)cc(-c2c(C(C)Nc3nc(N)nc(N)c3C#N)cc3ccc(F)cn3c2=O)c1. The Bertz CT molecular complexity index is 1490. The third-order valence-electron chi connectivity index (χ3n) is 5.19. The standard InChI is InChI=1S/C23H19F2N7O/c1-11-5-13(7-15(25)6-11)19-17(8-16-4-3-14(24)10-32(16)22(19)33)12(2)29-21-18(9-26)20(27)30-23(28)31-21/h3-8,10,12H,1-2H3,(H5,27,28,29,30,31). The maximum Gasteiger partial charge on any atom is 0.263 e. The normalized spacial score (nSPS) is 11.8. The van der Waals surface area contributed by atoms with E-state index in [9.17, 15) is 18.8 Å². The summed E-state index contributed by atoms with van der Waals surface area (Å²) in [6, 6.07) is 9.98. The third kappa shape index (κ3) is 4.04. The van der Waals surface area contributed by atoms with E-state index in [2.05, 4.69) is 15.3 Å². The molecule has 4 aromatic rings. The van der Waals surface area contributed by atoms with Crippen LogP contribution < -0.4 is 22.3 Å². The van der Waals surface area contributed by atoms with Crippen LogP contribution in [0.15, 0.2) is 47.4 Å². The number of nitrogens with one attached hydrogen (secondary N) is 1. The minimum atomic E-state index is -0.605. The molecule has 33 heavy (non-hydrogen) atoms. The molecular weight excluding hydrogens is 428 g/mol. The van der Waals surface area contributed by atoms with E-state index in [-0.39, 0.29) is 28.7 Å². The molecule has 1 atom stereocenters. The number of nitrogens with two attached hydrogens (primary N) is 2. The Morgan fingerprint density at radius 3 is 2.58 bits per heavy atom. The Morgan fingerprint density at radius 1 is 1.12 bits per heavy atom. The number of rotatable bonds is 4. The Morgan fingerprint density at radius 2 is 1.88 bits per heavy atom. The van der Waals surface area contributed by atoms with E-state index in [1.54, 1.807) is 26.0 Å². The summed E-state index contributed by atoms with van der Waals surface area (Å²) in [6.45, 7) is 3.44. The highest BCUT2D eigenvalue weighted by Crippen LogP contribution is 2.31. The van der Waals surface area contributed by atoms with Crippen molar-refractivity contribution >= 4 is 23.1 Å². The molecule has 0 radical (unpaired) electrons. The van der Waals surface area contributed by atoms with Crippen LogP contribution in [0, 0.1) is 29.9 Å². The number of pyridine rings is 2. The summed E-state index contributed by atoms with van der Waals surface area (Å²) in [5.74, 6) is -1.22. The minimum Gasteiger partial charge on any atom is -0.382 e. The molecule has 0 aliphatic heterocycles. The van der Waals surface area contributed by atoms with Gasteiger partial charge in [0.25, 0.3) is 5.56 Å². The Hall–Kier alpha value is -4.52. The second kappa shape index (κ2) is 8.20. The predicted octanol–water partition coefficient (Wildman–Crippen LogP) is 3.55. The topological polar surface area (TPSA) is 135 Å². The van der Waals surface area contributed by atoms with Gasteiger partial charge in [-0.05, 0) is 60.9 Å². The fourth-order valence-electron chi connectivity index (χ4n) is 3.76. The summed E-state index contributed by atoms with van der Waals surface area (Å²) in [7, 11) is 0. The lowest BCUT2D eigenvalue weighted by Crippen LogP contribution is -2.22. The first kappa shape index (κ1) is 21.7. The molecule has 0 amide bonds. The van der Waals surface area contributed by atoms with Crippen LogP contribution in [0.2, 0.25) is 0 Å². The van der Waals surface area contributed by atoms with Gasteiger partial charge in [-0.2, -0.15) is 15.2 Å². The Balaban J connectivity index is 1.96. The van der Waals surface area contributed by atoms with E-state index in [1.807, 2.05) is 6.07 Å². The fraction of sp³-hybridized carbons (Fsp3) is 0.130. The summed E-state index contributed by atoms with van der Waals surface area (Å²) in [6.07, 6.45) is 1.08. The monoisotopic (exact) mass is 447 g/mol. The van der Waals surface area contributed by atoms with Gasteiger partial charge in [-0.3, -0.25) is 9.20 Å². The van der Waals surface area contributed by atoms with Crippen molar-refractivity contribution in [2.75, 3.05) is 16.8 Å². The molecule has 8 nitrogen and oxygen atoms in total. The molecule has 0 aliphatic carbocycles. The van der Waals surface area contributed by atoms with Crippen molar-refractivity contribution in [2.24, 2.45) is 0 Å². The van der Waals surface area contributed by atoms with Crippen LogP contribution in [0.1, 0.15) is 29.7 Å². The van der Waals surface area contributed by atoms with Crippen molar-refractivity contribution in [2.45, 2.75) is 19.9 Å². The quantitative estimate of drug-likeness (QED) is 0.435. The number of hydrogen-bond donors (Lipinski definition) is 3. The van der Waals surface area contributed by atoms with E-state index in [4.69, 9.17) is 11.5 Å². The maximum absolute atomic E-state index is 14.2. The first-order valence-electron chi connectivity index (χ1n) is 9.90. The van der Waals surface area contributed by atoms with Crippen molar-refractivity contribution in [1.82, 2.24) is 14.4 Å². The van der Waals surface area contributed by atoms with Gasteiger partial charge in [0.2, 0.25) is 5.95 Å². The number of fused-ring (bicyclic) bond motifs is 1. The first-order chi connectivity index (χ1) is 15.7. The van der Waals surface area contributed by atoms with Crippen LogP contribution in [-0.2, 0) is 0 Å². The van der Waals surface area contributed by atoms with Crippen LogP contribution in [0.5, 0.6) is 0 Å².